The van der Waals surface area contributed by atoms with Crippen molar-refractivity contribution in [2.45, 2.75) is 45.8 Å². The molecule has 0 saturated heterocycles. The first-order valence-corrected chi connectivity index (χ1v) is 5.91. The van der Waals surface area contributed by atoms with Crippen molar-refractivity contribution >= 4 is 5.97 Å². The Bertz CT molecular complexity index is 338. The van der Waals surface area contributed by atoms with Gasteiger partial charge in [0.2, 0.25) is 0 Å². The van der Waals surface area contributed by atoms with Gasteiger partial charge < -0.3 is 9.15 Å². The topological polar surface area (TPSA) is 51.5 Å². The Morgan fingerprint density at radius 1 is 1.53 bits per heavy atom. The number of hydrogen-bond donors (Lipinski definition) is 1. The molecule has 0 saturated carbocycles. The Balaban J connectivity index is 2.41. The van der Waals surface area contributed by atoms with Crippen molar-refractivity contribution in [3.63, 3.8) is 0 Å². The maximum Gasteiger partial charge on any atom is 0.320 e. The van der Waals surface area contributed by atoms with E-state index in [4.69, 9.17) is 9.15 Å². The van der Waals surface area contributed by atoms with Crippen LogP contribution in [-0.4, -0.2) is 18.1 Å². The minimum Gasteiger partial charge on any atom is -0.468 e. The van der Waals surface area contributed by atoms with Crippen LogP contribution in [0.25, 0.3) is 0 Å². The summed E-state index contributed by atoms with van der Waals surface area (Å²) in [6.07, 6.45) is 2.49. The summed E-state index contributed by atoms with van der Waals surface area (Å²) in [4.78, 5) is 11.5. The van der Waals surface area contributed by atoms with Crippen molar-refractivity contribution in [2.75, 3.05) is 6.54 Å². The van der Waals surface area contributed by atoms with Crippen molar-refractivity contribution < 1.29 is 13.9 Å². The Kier molecular flexibility index (Phi) is 4.75. The van der Waals surface area contributed by atoms with Gasteiger partial charge in [0.05, 0.1) is 18.8 Å². The lowest BCUT2D eigenvalue weighted by molar-refractivity contribution is -0.153. The third-order valence-corrected chi connectivity index (χ3v) is 2.21. The molecule has 96 valence electrons. The van der Waals surface area contributed by atoms with Gasteiger partial charge in [-0.25, -0.2) is 0 Å². The SMILES string of the molecule is CCC(NCC(=O)OC(C)(C)C)c1ccco1. The number of esters is 1. The number of hydrogen-bond acceptors (Lipinski definition) is 4. The fourth-order valence-corrected chi connectivity index (χ4v) is 1.52. The Morgan fingerprint density at radius 2 is 2.24 bits per heavy atom. The van der Waals surface area contributed by atoms with Gasteiger partial charge in [-0.3, -0.25) is 10.1 Å². The molecule has 0 aliphatic rings. The van der Waals surface area contributed by atoms with Gasteiger partial charge in [0.15, 0.2) is 0 Å². The van der Waals surface area contributed by atoms with Gasteiger partial charge >= 0.3 is 5.97 Å². The van der Waals surface area contributed by atoms with Gasteiger partial charge in [-0.1, -0.05) is 6.92 Å². The second kappa shape index (κ2) is 5.87. The van der Waals surface area contributed by atoms with Crippen LogP contribution in [0.5, 0.6) is 0 Å². The molecule has 17 heavy (non-hydrogen) atoms. The van der Waals surface area contributed by atoms with Crippen LogP contribution in [0, 0.1) is 0 Å². The average molecular weight is 239 g/mol. The zero-order chi connectivity index (χ0) is 12.9. The minimum atomic E-state index is -0.439. The summed E-state index contributed by atoms with van der Waals surface area (Å²) in [6.45, 7) is 7.80. The molecule has 0 aliphatic carbocycles. The lowest BCUT2D eigenvalue weighted by atomic mass is 10.1. The second-order valence-corrected chi connectivity index (χ2v) is 4.94. The van der Waals surface area contributed by atoms with E-state index in [1.807, 2.05) is 39.8 Å². The summed E-state index contributed by atoms with van der Waals surface area (Å²) in [5.74, 6) is 0.596. The molecule has 0 aliphatic heterocycles. The number of rotatable bonds is 5. The quantitative estimate of drug-likeness (QED) is 0.803. The first kappa shape index (κ1) is 13.8. The fourth-order valence-electron chi connectivity index (χ4n) is 1.52. The highest BCUT2D eigenvalue weighted by molar-refractivity contribution is 5.72. The van der Waals surface area contributed by atoms with Gasteiger partial charge in [0.25, 0.3) is 0 Å². The largest absolute Gasteiger partial charge is 0.468 e. The van der Waals surface area contributed by atoms with Gasteiger partial charge in [-0.2, -0.15) is 0 Å². The average Bonchev–Trinajstić information content (AvgIpc) is 2.69. The van der Waals surface area contributed by atoms with E-state index in [1.54, 1.807) is 6.26 Å². The van der Waals surface area contributed by atoms with Crippen molar-refractivity contribution in [1.29, 1.82) is 0 Å². The van der Waals surface area contributed by atoms with Crippen LogP contribution in [0.2, 0.25) is 0 Å². The van der Waals surface area contributed by atoms with E-state index < -0.39 is 5.60 Å². The van der Waals surface area contributed by atoms with Gasteiger partial charge in [0.1, 0.15) is 11.4 Å². The Hall–Kier alpha value is -1.29. The molecule has 1 N–H and O–H groups in total. The summed E-state index contributed by atoms with van der Waals surface area (Å²) in [5.41, 5.74) is -0.439. The Morgan fingerprint density at radius 3 is 2.71 bits per heavy atom. The molecule has 0 spiro atoms. The van der Waals surface area contributed by atoms with Crippen LogP contribution in [0.1, 0.15) is 45.9 Å². The van der Waals surface area contributed by atoms with E-state index in [2.05, 4.69) is 5.32 Å². The predicted octanol–water partition coefficient (Wildman–Crippen LogP) is 2.66. The molecule has 1 unspecified atom stereocenters. The molecule has 4 heteroatoms. The molecule has 0 radical (unpaired) electrons. The van der Waals surface area contributed by atoms with E-state index in [-0.39, 0.29) is 18.6 Å². The monoisotopic (exact) mass is 239 g/mol. The molecule has 4 nitrogen and oxygen atoms in total. The number of furan rings is 1. The lowest BCUT2D eigenvalue weighted by Crippen LogP contribution is -2.33. The molecule has 0 fully saturated rings. The molecule has 1 aromatic heterocycles. The second-order valence-electron chi connectivity index (χ2n) is 4.94. The zero-order valence-corrected chi connectivity index (χ0v) is 10.9. The predicted molar refractivity (Wildman–Crippen MR) is 65.6 cm³/mol. The van der Waals surface area contributed by atoms with Crippen LogP contribution in [0.3, 0.4) is 0 Å². The molecule has 0 aromatic carbocycles. The van der Waals surface area contributed by atoms with Crippen LogP contribution in [-0.2, 0) is 9.53 Å². The lowest BCUT2D eigenvalue weighted by Gasteiger charge is -2.21. The van der Waals surface area contributed by atoms with E-state index in [0.717, 1.165) is 12.2 Å². The van der Waals surface area contributed by atoms with E-state index in [9.17, 15) is 4.79 Å². The molecule has 1 rings (SSSR count). The zero-order valence-electron chi connectivity index (χ0n) is 10.9. The maximum atomic E-state index is 11.5. The van der Waals surface area contributed by atoms with Crippen LogP contribution in [0.4, 0.5) is 0 Å². The summed E-state index contributed by atoms with van der Waals surface area (Å²) >= 11 is 0. The van der Waals surface area contributed by atoms with Crippen molar-refractivity contribution in [2.24, 2.45) is 0 Å². The minimum absolute atomic E-state index is 0.0533. The van der Waals surface area contributed by atoms with Gasteiger partial charge in [-0.15, -0.1) is 0 Å². The highest BCUT2D eigenvalue weighted by Gasteiger charge is 2.18. The summed E-state index contributed by atoms with van der Waals surface area (Å²) < 4.78 is 10.5. The van der Waals surface area contributed by atoms with Crippen LogP contribution in [0.15, 0.2) is 22.8 Å². The fraction of sp³-hybridized carbons (Fsp3) is 0.615. The summed E-state index contributed by atoms with van der Waals surface area (Å²) in [5, 5.41) is 3.13. The number of ether oxygens (including phenoxy) is 1. The van der Waals surface area contributed by atoms with E-state index >= 15 is 0 Å². The molecular weight excluding hydrogens is 218 g/mol. The van der Waals surface area contributed by atoms with E-state index in [0.29, 0.717) is 0 Å². The van der Waals surface area contributed by atoms with Crippen LogP contribution >= 0.6 is 0 Å². The third-order valence-electron chi connectivity index (χ3n) is 2.21. The molecular formula is C13H21NO3. The molecule has 1 atom stereocenters. The molecule has 0 amide bonds. The Labute approximate surface area is 102 Å². The van der Waals surface area contributed by atoms with Gasteiger partial charge in [-0.05, 0) is 39.3 Å². The summed E-state index contributed by atoms with van der Waals surface area (Å²) in [6, 6.07) is 3.79. The number of carbonyl (C=O) groups is 1. The van der Waals surface area contributed by atoms with E-state index in [1.165, 1.54) is 0 Å². The van der Waals surface area contributed by atoms with Crippen LogP contribution < -0.4 is 5.32 Å². The molecule has 1 aromatic rings. The van der Waals surface area contributed by atoms with Crippen molar-refractivity contribution in [3.05, 3.63) is 24.2 Å². The van der Waals surface area contributed by atoms with Crippen molar-refractivity contribution in [1.82, 2.24) is 5.32 Å². The highest BCUT2D eigenvalue weighted by atomic mass is 16.6. The molecule has 0 bridgehead atoms. The smallest absolute Gasteiger partial charge is 0.320 e. The first-order valence-electron chi connectivity index (χ1n) is 5.91. The summed E-state index contributed by atoms with van der Waals surface area (Å²) in [7, 11) is 0. The normalized spacial score (nSPS) is 13.4. The first-order chi connectivity index (χ1) is 7.92. The van der Waals surface area contributed by atoms with Crippen molar-refractivity contribution in [3.8, 4) is 0 Å². The standard InChI is InChI=1S/C13H21NO3/c1-5-10(11-7-6-8-16-11)14-9-12(15)17-13(2,3)4/h6-8,10,14H,5,9H2,1-4H3. The maximum absolute atomic E-state index is 11.5. The number of nitrogens with one attached hydrogen (secondary N) is 1. The number of carbonyl (C=O) groups excluding carboxylic acids is 1. The van der Waals surface area contributed by atoms with Gasteiger partial charge in [0, 0.05) is 0 Å². The molecule has 1 heterocycles. The third kappa shape index (κ3) is 5.04. The highest BCUT2D eigenvalue weighted by Crippen LogP contribution is 2.16.